The summed E-state index contributed by atoms with van der Waals surface area (Å²) in [5.41, 5.74) is 0. The van der Waals surface area contributed by atoms with Crippen molar-refractivity contribution >= 4 is 5.91 Å². The van der Waals surface area contributed by atoms with Gasteiger partial charge in [0.1, 0.15) is 6.10 Å². The van der Waals surface area contributed by atoms with Gasteiger partial charge in [-0.15, -0.1) is 0 Å². The molecule has 1 N–H and O–H groups in total. The SMILES string of the molecule is CCOC1[C@@H](O)CC(=O)N1C(C)C. The second-order valence-corrected chi connectivity index (χ2v) is 3.51. The molecule has 0 radical (unpaired) electrons. The first kappa shape index (κ1) is 10.5. The van der Waals surface area contributed by atoms with Crippen molar-refractivity contribution in [2.45, 2.75) is 45.6 Å². The van der Waals surface area contributed by atoms with Crippen molar-refractivity contribution in [2.75, 3.05) is 6.61 Å². The third-order valence-corrected chi connectivity index (χ3v) is 2.17. The van der Waals surface area contributed by atoms with Crippen molar-refractivity contribution in [2.24, 2.45) is 0 Å². The molecule has 0 aromatic heterocycles. The average Bonchev–Trinajstić information content (AvgIpc) is 2.27. The van der Waals surface area contributed by atoms with Crippen LogP contribution in [0.15, 0.2) is 0 Å². The molecule has 76 valence electrons. The van der Waals surface area contributed by atoms with E-state index in [-0.39, 0.29) is 18.4 Å². The van der Waals surface area contributed by atoms with Crippen LogP contribution in [0.1, 0.15) is 27.2 Å². The van der Waals surface area contributed by atoms with Crippen molar-refractivity contribution in [3.63, 3.8) is 0 Å². The van der Waals surface area contributed by atoms with E-state index < -0.39 is 12.3 Å². The number of aliphatic hydroxyl groups excluding tert-OH is 1. The zero-order valence-electron chi connectivity index (χ0n) is 8.36. The van der Waals surface area contributed by atoms with Gasteiger partial charge in [-0.2, -0.15) is 0 Å². The van der Waals surface area contributed by atoms with Gasteiger partial charge in [0.25, 0.3) is 0 Å². The van der Waals surface area contributed by atoms with Crippen LogP contribution in [-0.4, -0.2) is 40.9 Å². The summed E-state index contributed by atoms with van der Waals surface area (Å²) in [5.74, 6) is -0.0269. The summed E-state index contributed by atoms with van der Waals surface area (Å²) in [6.07, 6.45) is -0.935. The fraction of sp³-hybridized carbons (Fsp3) is 0.889. The summed E-state index contributed by atoms with van der Waals surface area (Å²) in [4.78, 5) is 13.0. The van der Waals surface area contributed by atoms with Crippen LogP contribution < -0.4 is 0 Å². The number of hydrogen-bond donors (Lipinski definition) is 1. The summed E-state index contributed by atoms with van der Waals surface area (Å²) in [5, 5.41) is 9.52. The third-order valence-electron chi connectivity index (χ3n) is 2.17. The Morgan fingerprint density at radius 1 is 1.69 bits per heavy atom. The second kappa shape index (κ2) is 4.07. The highest BCUT2D eigenvalue weighted by Crippen LogP contribution is 2.22. The standard InChI is InChI=1S/C9H17NO3/c1-4-13-9-7(11)5-8(12)10(9)6(2)3/h6-7,9,11H,4-5H2,1-3H3/t7-,9?/m0/s1. The lowest BCUT2D eigenvalue weighted by atomic mass is 10.3. The Morgan fingerprint density at radius 3 is 2.77 bits per heavy atom. The molecule has 2 atom stereocenters. The molecule has 1 unspecified atom stereocenters. The monoisotopic (exact) mass is 187 g/mol. The van der Waals surface area contributed by atoms with E-state index in [2.05, 4.69) is 0 Å². The van der Waals surface area contributed by atoms with Gasteiger partial charge >= 0.3 is 0 Å². The maximum Gasteiger partial charge on any atom is 0.227 e. The number of ether oxygens (including phenoxy) is 1. The fourth-order valence-corrected chi connectivity index (χ4v) is 1.66. The Morgan fingerprint density at radius 2 is 2.31 bits per heavy atom. The maximum atomic E-state index is 11.4. The number of aliphatic hydroxyl groups is 1. The van der Waals surface area contributed by atoms with Crippen LogP contribution in [0.5, 0.6) is 0 Å². The average molecular weight is 187 g/mol. The molecule has 1 fully saturated rings. The van der Waals surface area contributed by atoms with Gasteiger partial charge in [-0.25, -0.2) is 0 Å². The van der Waals surface area contributed by atoms with E-state index in [0.29, 0.717) is 6.61 Å². The third kappa shape index (κ3) is 2.00. The maximum absolute atomic E-state index is 11.4. The van der Waals surface area contributed by atoms with Crippen LogP contribution >= 0.6 is 0 Å². The van der Waals surface area contributed by atoms with E-state index in [1.807, 2.05) is 20.8 Å². The van der Waals surface area contributed by atoms with Crippen LogP contribution in [0, 0.1) is 0 Å². The van der Waals surface area contributed by atoms with E-state index in [1.165, 1.54) is 0 Å². The zero-order valence-corrected chi connectivity index (χ0v) is 8.36. The molecule has 1 heterocycles. The molecule has 0 saturated carbocycles. The smallest absolute Gasteiger partial charge is 0.227 e. The zero-order chi connectivity index (χ0) is 10.0. The van der Waals surface area contributed by atoms with Crippen molar-refractivity contribution in [3.8, 4) is 0 Å². The largest absolute Gasteiger partial charge is 0.388 e. The van der Waals surface area contributed by atoms with Crippen molar-refractivity contribution in [1.29, 1.82) is 0 Å². The van der Waals surface area contributed by atoms with E-state index >= 15 is 0 Å². The summed E-state index contributed by atoms with van der Waals surface area (Å²) in [6.45, 7) is 6.20. The lowest BCUT2D eigenvalue weighted by Crippen LogP contribution is -2.43. The van der Waals surface area contributed by atoms with Crippen LogP contribution in [-0.2, 0) is 9.53 Å². The second-order valence-electron chi connectivity index (χ2n) is 3.51. The highest BCUT2D eigenvalue weighted by molar-refractivity contribution is 5.79. The van der Waals surface area contributed by atoms with Crippen molar-refractivity contribution in [1.82, 2.24) is 4.90 Å². The van der Waals surface area contributed by atoms with Crippen LogP contribution in [0.3, 0.4) is 0 Å². The quantitative estimate of drug-likeness (QED) is 0.693. The first-order valence-electron chi connectivity index (χ1n) is 4.68. The van der Waals surface area contributed by atoms with Gasteiger partial charge in [0, 0.05) is 12.6 Å². The predicted molar refractivity (Wildman–Crippen MR) is 48.0 cm³/mol. The Bertz CT molecular complexity index is 193. The van der Waals surface area contributed by atoms with Gasteiger partial charge in [-0.1, -0.05) is 0 Å². The molecule has 1 saturated heterocycles. The molecule has 1 aliphatic heterocycles. The lowest BCUT2D eigenvalue weighted by molar-refractivity contribution is -0.142. The summed E-state index contributed by atoms with van der Waals surface area (Å²) >= 11 is 0. The molecule has 0 aromatic carbocycles. The van der Waals surface area contributed by atoms with Gasteiger partial charge < -0.3 is 14.7 Å². The molecule has 4 heteroatoms. The molecule has 1 aliphatic rings. The molecule has 4 nitrogen and oxygen atoms in total. The van der Waals surface area contributed by atoms with Gasteiger partial charge in [-0.3, -0.25) is 4.79 Å². The highest BCUT2D eigenvalue weighted by Gasteiger charge is 2.40. The molecular formula is C9H17NO3. The molecule has 0 spiro atoms. The van der Waals surface area contributed by atoms with E-state index in [9.17, 15) is 9.90 Å². The molecule has 0 aromatic rings. The number of rotatable bonds is 3. The molecule has 1 rings (SSSR count). The Hall–Kier alpha value is -0.610. The van der Waals surface area contributed by atoms with Crippen molar-refractivity contribution < 1.29 is 14.6 Å². The number of carbonyl (C=O) groups excluding carboxylic acids is 1. The first-order chi connectivity index (χ1) is 6.07. The Labute approximate surface area is 78.5 Å². The van der Waals surface area contributed by atoms with E-state index in [1.54, 1.807) is 4.90 Å². The van der Waals surface area contributed by atoms with E-state index in [4.69, 9.17) is 4.74 Å². The first-order valence-corrected chi connectivity index (χ1v) is 4.68. The van der Waals surface area contributed by atoms with Gasteiger partial charge in [0.05, 0.1) is 6.42 Å². The minimum absolute atomic E-state index is 0.0269. The van der Waals surface area contributed by atoms with Crippen LogP contribution in [0.2, 0.25) is 0 Å². The normalized spacial score (nSPS) is 29.0. The van der Waals surface area contributed by atoms with Crippen LogP contribution in [0.4, 0.5) is 0 Å². The minimum atomic E-state index is -0.671. The van der Waals surface area contributed by atoms with Gasteiger partial charge in [0.15, 0.2) is 6.23 Å². The van der Waals surface area contributed by atoms with E-state index in [0.717, 1.165) is 0 Å². The fourth-order valence-electron chi connectivity index (χ4n) is 1.66. The Balaban J connectivity index is 2.71. The van der Waals surface area contributed by atoms with Gasteiger partial charge in [-0.05, 0) is 20.8 Å². The summed E-state index contributed by atoms with van der Waals surface area (Å²) < 4.78 is 5.31. The highest BCUT2D eigenvalue weighted by atomic mass is 16.5. The topological polar surface area (TPSA) is 49.8 Å². The van der Waals surface area contributed by atoms with Crippen LogP contribution in [0.25, 0.3) is 0 Å². The molecular weight excluding hydrogens is 170 g/mol. The minimum Gasteiger partial charge on any atom is -0.388 e. The predicted octanol–water partition coefficient (Wildman–Crippen LogP) is 0.351. The molecule has 0 bridgehead atoms. The summed E-state index contributed by atoms with van der Waals surface area (Å²) in [6, 6.07) is 0.0844. The Kier molecular flexibility index (Phi) is 3.27. The lowest BCUT2D eigenvalue weighted by Gasteiger charge is -2.29. The van der Waals surface area contributed by atoms with Gasteiger partial charge in [0.2, 0.25) is 5.91 Å². The number of hydrogen-bond acceptors (Lipinski definition) is 3. The number of amides is 1. The number of carbonyl (C=O) groups is 1. The van der Waals surface area contributed by atoms with Crippen molar-refractivity contribution in [3.05, 3.63) is 0 Å². The summed E-state index contributed by atoms with van der Waals surface area (Å²) in [7, 11) is 0. The molecule has 1 amide bonds. The number of nitrogens with zero attached hydrogens (tertiary/aromatic N) is 1. The molecule has 0 aliphatic carbocycles. The molecule has 13 heavy (non-hydrogen) atoms. The number of likely N-dealkylation sites (tertiary alicyclic amines) is 1.